The SMILES string of the molecule is CCC(=O)CCOCCOCc1ccc(C)cc1. The average Bonchev–Trinajstić information content (AvgIpc) is 2.39. The lowest BCUT2D eigenvalue weighted by molar-refractivity contribution is -0.119. The van der Waals surface area contributed by atoms with Crippen LogP contribution in [-0.4, -0.2) is 25.6 Å². The van der Waals surface area contributed by atoms with Crippen molar-refractivity contribution < 1.29 is 14.3 Å². The van der Waals surface area contributed by atoms with Gasteiger partial charge in [-0.05, 0) is 12.5 Å². The van der Waals surface area contributed by atoms with Crippen molar-refractivity contribution in [3.63, 3.8) is 0 Å². The lowest BCUT2D eigenvalue weighted by Gasteiger charge is -2.06. The van der Waals surface area contributed by atoms with E-state index in [-0.39, 0.29) is 5.78 Å². The number of aryl methyl sites for hydroxylation is 1. The van der Waals surface area contributed by atoms with Gasteiger partial charge in [0, 0.05) is 12.8 Å². The van der Waals surface area contributed by atoms with E-state index in [1.807, 2.05) is 6.92 Å². The Labute approximate surface area is 109 Å². The van der Waals surface area contributed by atoms with Gasteiger partial charge in [0.1, 0.15) is 5.78 Å². The molecule has 3 nitrogen and oxygen atoms in total. The maximum absolute atomic E-state index is 11.0. The van der Waals surface area contributed by atoms with Crippen LogP contribution < -0.4 is 0 Å². The van der Waals surface area contributed by atoms with E-state index in [0.29, 0.717) is 39.3 Å². The topological polar surface area (TPSA) is 35.5 Å². The van der Waals surface area contributed by atoms with Gasteiger partial charge in [-0.3, -0.25) is 4.79 Å². The standard InChI is InChI=1S/C15H22O3/c1-3-15(16)8-9-17-10-11-18-12-14-6-4-13(2)5-7-14/h4-7H,3,8-12H2,1-2H3. The summed E-state index contributed by atoms with van der Waals surface area (Å²) < 4.78 is 10.8. The largest absolute Gasteiger partial charge is 0.379 e. The first-order chi connectivity index (χ1) is 8.72. The van der Waals surface area contributed by atoms with Crippen molar-refractivity contribution in [2.24, 2.45) is 0 Å². The molecule has 0 unspecified atom stereocenters. The number of Topliss-reactive ketones (excluding diaryl/α,β-unsaturated/α-hetero) is 1. The van der Waals surface area contributed by atoms with E-state index in [2.05, 4.69) is 31.2 Å². The van der Waals surface area contributed by atoms with Crippen LogP contribution in [0.3, 0.4) is 0 Å². The van der Waals surface area contributed by atoms with Crippen molar-refractivity contribution in [2.75, 3.05) is 19.8 Å². The highest BCUT2D eigenvalue weighted by atomic mass is 16.5. The molecule has 0 fully saturated rings. The minimum absolute atomic E-state index is 0.246. The quantitative estimate of drug-likeness (QED) is 0.632. The average molecular weight is 250 g/mol. The van der Waals surface area contributed by atoms with Gasteiger partial charge in [-0.25, -0.2) is 0 Å². The van der Waals surface area contributed by atoms with Gasteiger partial charge >= 0.3 is 0 Å². The number of hydrogen-bond acceptors (Lipinski definition) is 3. The fourth-order valence-electron chi connectivity index (χ4n) is 1.46. The predicted molar refractivity (Wildman–Crippen MR) is 71.6 cm³/mol. The summed E-state index contributed by atoms with van der Waals surface area (Å²) in [5.74, 6) is 0.246. The number of ether oxygens (including phenoxy) is 2. The molecule has 0 saturated carbocycles. The molecule has 1 aromatic carbocycles. The molecular formula is C15H22O3. The van der Waals surface area contributed by atoms with Gasteiger partial charge in [-0.15, -0.1) is 0 Å². The molecule has 0 bridgehead atoms. The van der Waals surface area contributed by atoms with Crippen LogP contribution in [0.1, 0.15) is 30.9 Å². The summed E-state index contributed by atoms with van der Waals surface area (Å²) in [7, 11) is 0. The van der Waals surface area contributed by atoms with Crippen molar-refractivity contribution in [1.82, 2.24) is 0 Å². The van der Waals surface area contributed by atoms with Gasteiger partial charge in [-0.1, -0.05) is 36.8 Å². The van der Waals surface area contributed by atoms with Gasteiger partial charge in [0.15, 0.2) is 0 Å². The maximum Gasteiger partial charge on any atom is 0.134 e. The molecular weight excluding hydrogens is 228 g/mol. The predicted octanol–water partition coefficient (Wildman–Crippen LogP) is 2.90. The first kappa shape index (κ1) is 14.9. The van der Waals surface area contributed by atoms with Crippen LogP contribution in [0.15, 0.2) is 24.3 Å². The Morgan fingerprint density at radius 1 is 1.06 bits per heavy atom. The highest BCUT2D eigenvalue weighted by Crippen LogP contribution is 2.04. The number of ketones is 1. The summed E-state index contributed by atoms with van der Waals surface area (Å²) in [5, 5.41) is 0. The summed E-state index contributed by atoms with van der Waals surface area (Å²) in [5.41, 5.74) is 2.42. The Morgan fingerprint density at radius 3 is 2.39 bits per heavy atom. The van der Waals surface area contributed by atoms with Crippen molar-refractivity contribution in [2.45, 2.75) is 33.3 Å². The fourth-order valence-corrected chi connectivity index (χ4v) is 1.46. The minimum Gasteiger partial charge on any atom is -0.379 e. The van der Waals surface area contributed by atoms with Crippen LogP contribution in [0, 0.1) is 6.92 Å². The first-order valence-corrected chi connectivity index (χ1v) is 6.45. The highest BCUT2D eigenvalue weighted by molar-refractivity contribution is 5.78. The van der Waals surface area contributed by atoms with E-state index in [0.717, 1.165) is 0 Å². The Bertz CT molecular complexity index is 343. The lowest BCUT2D eigenvalue weighted by atomic mass is 10.2. The monoisotopic (exact) mass is 250 g/mol. The fraction of sp³-hybridized carbons (Fsp3) is 0.533. The molecule has 0 spiro atoms. The molecule has 100 valence electrons. The maximum atomic E-state index is 11.0. The van der Waals surface area contributed by atoms with E-state index in [4.69, 9.17) is 9.47 Å². The first-order valence-electron chi connectivity index (χ1n) is 6.45. The van der Waals surface area contributed by atoms with Gasteiger partial charge < -0.3 is 9.47 Å². The zero-order chi connectivity index (χ0) is 13.2. The second-order valence-corrected chi connectivity index (χ2v) is 4.29. The van der Waals surface area contributed by atoms with Crippen LogP contribution in [0.25, 0.3) is 0 Å². The number of carbonyl (C=O) groups excluding carboxylic acids is 1. The minimum atomic E-state index is 0.246. The zero-order valence-corrected chi connectivity index (χ0v) is 11.3. The Hall–Kier alpha value is -1.19. The van der Waals surface area contributed by atoms with Gasteiger partial charge in [-0.2, -0.15) is 0 Å². The molecule has 0 aliphatic heterocycles. The molecule has 0 aliphatic rings. The second kappa shape index (κ2) is 8.84. The van der Waals surface area contributed by atoms with E-state index in [1.165, 1.54) is 11.1 Å². The Kier molecular flexibility index (Phi) is 7.30. The number of rotatable bonds is 9. The molecule has 0 heterocycles. The molecule has 0 atom stereocenters. The third-order valence-corrected chi connectivity index (χ3v) is 2.68. The molecule has 0 aliphatic carbocycles. The second-order valence-electron chi connectivity index (χ2n) is 4.29. The molecule has 0 radical (unpaired) electrons. The number of benzene rings is 1. The van der Waals surface area contributed by atoms with Gasteiger partial charge in [0.2, 0.25) is 0 Å². The lowest BCUT2D eigenvalue weighted by Crippen LogP contribution is -2.08. The van der Waals surface area contributed by atoms with Crippen molar-refractivity contribution in [1.29, 1.82) is 0 Å². The van der Waals surface area contributed by atoms with Gasteiger partial charge in [0.05, 0.1) is 26.4 Å². The normalized spacial score (nSPS) is 10.6. The van der Waals surface area contributed by atoms with E-state index in [9.17, 15) is 4.79 Å². The summed E-state index contributed by atoms with van der Waals surface area (Å²) in [6.07, 6.45) is 1.10. The van der Waals surface area contributed by atoms with E-state index in [1.54, 1.807) is 0 Å². The molecule has 1 rings (SSSR count). The van der Waals surface area contributed by atoms with Crippen molar-refractivity contribution in [3.8, 4) is 0 Å². The molecule has 18 heavy (non-hydrogen) atoms. The Balaban J connectivity index is 1.99. The summed E-state index contributed by atoms with van der Waals surface area (Å²) in [6, 6.07) is 8.28. The molecule has 3 heteroatoms. The highest BCUT2D eigenvalue weighted by Gasteiger charge is 1.98. The molecule has 0 aromatic heterocycles. The summed E-state index contributed by atoms with van der Waals surface area (Å²) >= 11 is 0. The molecule has 0 N–H and O–H groups in total. The van der Waals surface area contributed by atoms with E-state index >= 15 is 0 Å². The summed E-state index contributed by atoms with van der Waals surface area (Å²) in [6.45, 7) is 6.15. The molecule has 1 aromatic rings. The van der Waals surface area contributed by atoms with Crippen LogP contribution in [0.5, 0.6) is 0 Å². The third-order valence-electron chi connectivity index (χ3n) is 2.68. The van der Waals surface area contributed by atoms with Crippen molar-refractivity contribution >= 4 is 5.78 Å². The number of carbonyl (C=O) groups is 1. The van der Waals surface area contributed by atoms with Crippen LogP contribution >= 0.6 is 0 Å². The molecule has 0 saturated heterocycles. The summed E-state index contributed by atoms with van der Waals surface area (Å²) in [4.78, 5) is 11.0. The van der Waals surface area contributed by atoms with Crippen LogP contribution in [-0.2, 0) is 20.9 Å². The molecule has 0 amide bonds. The van der Waals surface area contributed by atoms with E-state index < -0.39 is 0 Å². The smallest absolute Gasteiger partial charge is 0.134 e. The van der Waals surface area contributed by atoms with Gasteiger partial charge in [0.25, 0.3) is 0 Å². The zero-order valence-electron chi connectivity index (χ0n) is 11.3. The Morgan fingerprint density at radius 2 is 1.72 bits per heavy atom. The van der Waals surface area contributed by atoms with Crippen molar-refractivity contribution in [3.05, 3.63) is 35.4 Å². The third kappa shape index (κ3) is 6.52. The van der Waals surface area contributed by atoms with Crippen LogP contribution in [0.2, 0.25) is 0 Å². The number of hydrogen-bond donors (Lipinski definition) is 0. The van der Waals surface area contributed by atoms with Crippen LogP contribution in [0.4, 0.5) is 0 Å².